The molecule has 1 aliphatic rings. The second-order valence-electron chi connectivity index (χ2n) is 4.67. The van der Waals surface area contributed by atoms with Gasteiger partial charge in [-0.1, -0.05) is 11.6 Å². The van der Waals surface area contributed by atoms with Crippen molar-refractivity contribution in [3.05, 3.63) is 28.8 Å². The third-order valence-electron chi connectivity index (χ3n) is 3.24. The van der Waals surface area contributed by atoms with Gasteiger partial charge in [-0.05, 0) is 37.0 Å². The summed E-state index contributed by atoms with van der Waals surface area (Å²) in [5.41, 5.74) is 0.258. The maximum Gasteiger partial charge on any atom is 0.240 e. The van der Waals surface area contributed by atoms with E-state index < -0.39 is 10.0 Å². The van der Waals surface area contributed by atoms with Gasteiger partial charge in [0.1, 0.15) is 6.07 Å². The molecule has 1 fully saturated rings. The van der Waals surface area contributed by atoms with Gasteiger partial charge >= 0.3 is 0 Å². The Morgan fingerprint density at radius 2 is 2.30 bits per heavy atom. The Bertz CT molecular complexity index is 619. The second-order valence-corrected chi connectivity index (χ2v) is 6.84. The van der Waals surface area contributed by atoms with Crippen LogP contribution in [-0.2, 0) is 14.8 Å². The number of halogens is 1. The molecule has 1 aliphatic heterocycles. The van der Waals surface area contributed by atoms with E-state index >= 15 is 0 Å². The van der Waals surface area contributed by atoms with Crippen LogP contribution in [0.5, 0.6) is 0 Å². The molecule has 0 amide bonds. The number of hydrogen-bond donors (Lipinski definition) is 1. The quantitative estimate of drug-likeness (QED) is 0.900. The molecule has 2 rings (SSSR count). The van der Waals surface area contributed by atoms with Gasteiger partial charge in [-0.3, -0.25) is 0 Å². The second kappa shape index (κ2) is 6.55. The van der Waals surface area contributed by atoms with Crippen LogP contribution in [-0.4, -0.2) is 28.2 Å². The van der Waals surface area contributed by atoms with E-state index in [0.29, 0.717) is 19.1 Å². The zero-order valence-corrected chi connectivity index (χ0v) is 12.4. The minimum absolute atomic E-state index is 0.0733. The van der Waals surface area contributed by atoms with Gasteiger partial charge in [0.15, 0.2) is 0 Å². The molecular formula is C13H15ClN2O3S. The third kappa shape index (κ3) is 3.70. The van der Waals surface area contributed by atoms with Crippen molar-refractivity contribution in [1.82, 2.24) is 4.72 Å². The summed E-state index contributed by atoms with van der Waals surface area (Å²) in [5.74, 6) is 0.419. The summed E-state index contributed by atoms with van der Waals surface area (Å²) in [6.45, 7) is 1.82. The highest BCUT2D eigenvalue weighted by Gasteiger charge is 2.18. The number of benzene rings is 1. The van der Waals surface area contributed by atoms with Crippen LogP contribution in [0.25, 0.3) is 0 Å². The normalized spacial score (nSPS) is 18.9. The molecule has 0 aromatic heterocycles. The Hall–Kier alpha value is -1.13. The first kappa shape index (κ1) is 15.3. The summed E-state index contributed by atoms with van der Waals surface area (Å²) >= 11 is 5.84. The lowest BCUT2D eigenvalue weighted by atomic mass is 10.1. The summed E-state index contributed by atoms with van der Waals surface area (Å²) in [7, 11) is -3.58. The first-order valence-electron chi connectivity index (χ1n) is 6.30. The van der Waals surface area contributed by atoms with Crippen LogP contribution < -0.4 is 4.72 Å². The standard InChI is InChI=1S/C13H15ClN2O3S/c14-13-7-12(2-1-11(13)8-15)20(17,18)16-5-3-10-4-6-19-9-10/h1-2,7,10,16H,3-6,9H2. The van der Waals surface area contributed by atoms with Gasteiger partial charge in [-0.2, -0.15) is 5.26 Å². The average Bonchev–Trinajstić information content (AvgIpc) is 2.91. The molecule has 1 heterocycles. The Balaban J connectivity index is 1.99. The fourth-order valence-electron chi connectivity index (χ4n) is 2.05. The van der Waals surface area contributed by atoms with Crippen molar-refractivity contribution >= 4 is 21.6 Å². The number of hydrogen-bond acceptors (Lipinski definition) is 4. The van der Waals surface area contributed by atoms with E-state index in [1.165, 1.54) is 18.2 Å². The highest BCUT2D eigenvalue weighted by molar-refractivity contribution is 7.89. The van der Waals surface area contributed by atoms with E-state index in [9.17, 15) is 8.42 Å². The van der Waals surface area contributed by atoms with Crippen LogP contribution in [0.15, 0.2) is 23.1 Å². The van der Waals surface area contributed by atoms with Crippen molar-refractivity contribution in [2.45, 2.75) is 17.7 Å². The van der Waals surface area contributed by atoms with Crippen molar-refractivity contribution in [2.24, 2.45) is 5.92 Å². The lowest BCUT2D eigenvalue weighted by Gasteiger charge is -2.10. The molecule has 1 unspecified atom stereocenters. The average molecular weight is 315 g/mol. The van der Waals surface area contributed by atoms with Crippen molar-refractivity contribution in [2.75, 3.05) is 19.8 Å². The Morgan fingerprint density at radius 3 is 2.90 bits per heavy atom. The van der Waals surface area contributed by atoms with Gasteiger partial charge in [0.25, 0.3) is 0 Å². The maximum absolute atomic E-state index is 12.1. The molecule has 1 saturated heterocycles. The molecule has 0 bridgehead atoms. The summed E-state index contributed by atoms with van der Waals surface area (Å²) in [6, 6.07) is 5.97. The summed E-state index contributed by atoms with van der Waals surface area (Å²) in [5, 5.41) is 8.90. The lowest BCUT2D eigenvalue weighted by molar-refractivity contribution is 0.184. The summed E-state index contributed by atoms with van der Waals surface area (Å²) in [6.07, 6.45) is 1.73. The van der Waals surface area contributed by atoms with Crippen molar-refractivity contribution in [3.63, 3.8) is 0 Å². The maximum atomic E-state index is 12.1. The number of sulfonamides is 1. The van der Waals surface area contributed by atoms with Crippen LogP contribution in [0.2, 0.25) is 5.02 Å². The largest absolute Gasteiger partial charge is 0.381 e. The molecule has 1 aromatic carbocycles. The molecule has 0 saturated carbocycles. The van der Waals surface area contributed by atoms with E-state index in [1.807, 2.05) is 6.07 Å². The topological polar surface area (TPSA) is 79.2 Å². The molecule has 7 heteroatoms. The Kier molecular flexibility index (Phi) is 5.00. The predicted molar refractivity (Wildman–Crippen MR) is 74.9 cm³/mol. The van der Waals surface area contributed by atoms with Crippen molar-refractivity contribution in [3.8, 4) is 6.07 Å². The van der Waals surface area contributed by atoms with Gasteiger partial charge in [0, 0.05) is 19.8 Å². The zero-order chi connectivity index (χ0) is 14.6. The fourth-order valence-corrected chi connectivity index (χ4v) is 3.41. The number of nitrogens with one attached hydrogen (secondary N) is 1. The van der Waals surface area contributed by atoms with Gasteiger partial charge in [-0.25, -0.2) is 13.1 Å². The zero-order valence-electron chi connectivity index (χ0n) is 10.8. The monoisotopic (exact) mass is 314 g/mol. The molecule has 108 valence electrons. The fraction of sp³-hybridized carbons (Fsp3) is 0.462. The highest BCUT2D eigenvalue weighted by Crippen LogP contribution is 2.20. The number of nitriles is 1. The Morgan fingerprint density at radius 1 is 1.50 bits per heavy atom. The molecular weight excluding hydrogens is 300 g/mol. The number of rotatable bonds is 5. The summed E-state index contributed by atoms with van der Waals surface area (Å²) in [4.78, 5) is 0.0733. The molecule has 5 nitrogen and oxygen atoms in total. The van der Waals surface area contributed by atoms with E-state index in [1.54, 1.807) is 0 Å². The molecule has 1 atom stereocenters. The molecule has 1 N–H and O–H groups in total. The SMILES string of the molecule is N#Cc1ccc(S(=O)(=O)NCCC2CCOC2)cc1Cl. The first-order valence-corrected chi connectivity index (χ1v) is 8.16. The van der Waals surface area contributed by atoms with Gasteiger partial charge in [0.05, 0.1) is 15.5 Å². The summed E-state index contributed by atoms with van der Waals surface area (Å²) < 4.78 is 31.9. The van der Waals surface area contributed by atoms with Gasteiger partial charge in [-0.15, -0.1) is 0 Å². The third-order valence-corrected chi connectivity index (χ3v) is 5.01. The van der Waals surface area contributed by atoms with Crippen LogP contribution in [0.1, 0.15) is 18.4 Å². The van der Waals surface area contributed by atoms with Crippen molar-refractivity contribution < 1.29 is 13.2 Å². The van der Waals surface area contributed by atoms with Crippen LogP contribution >= 0.6 is 11.6 Å². The van der Waals surface area contributed by atoms with Gasteiger partial charge in [0.2, 0.25) is 10.0 Å². The predicted octanol–water partition coefficient (Wildman–Crippen LogP) is 1.92. The number of ether oxygens (including phenoxy) is 1. The molecule has 0 radical (unpaired) electrons. The van der Waals surface area contributed by atoms with Crippen molar-refractivity contribution in [1.29, 1.82) is 5.26 Å². The number of nitrogens with zero attached hydrogens (tertiary/aromatic N) is 1. The van der Waals surface area contributed by atoms with Crippen LogP contribution in [0.4, 0.5) is 0 Å². The van der Waals surface area contributed by atoms with E-state index in [0.717, 1.165) is 19.4 Å². The first-order chi connectivity index (χ1) is 9.53. The van der Waals surface area contributed by atoms with E-state index in [4.69, 9.17) is 21.6 Å². The Labute approximate surface area is 123 Å². The molecule has 0 aliphatic carbocycles. The molecule has 1 aromatic rings. The smallest absolute Gasteiger partial charge is 0.240 e. The van der Waals surface area contributed by atoms with Crippen LogP contribution in [0, 0.1) is 17.2 Å². The van der Waals surface area contributed by atoms with Crippen LogP contribution in [0.3, 0.4) is 0 Å². The van der Waals surface area contributed by atoms with Gasteiger partial charge < -0.3 is 4.74 Å². The molecule has 0 spiro atoms. The van der Waals surface area contributed by atoms with E-state index in [-0.39, 0.29) is 15.5 Å². The minimum atomic E-state index is -3.58. The molecule has 20 heavy (non-hydrogen) atoms. The minimum Gasteiger partial charge on any atom is -0.381 e. The highest BCUT2D eigenvalue weighted by atomic mass is 35.5. The van der Waals surface area contributed by atoms with E-state index in [2.05, 4.69) is 4.72 Å². The lowest BCUT2D eigenvalue weighted by Crippen LogP contribution is -2.26.